The summed E-state index contributed by atoms with van der Waals surface area (Å²) >= 11 is 0. The molecule has 0 unspecified atom stereocenters. The molecular weight excluding hydrogens is 374 g/mol. The molecule has 28 heavy (non-hydrogen) atoms. The fraction of sp³-hybridized carbons (Fsp3) is 0.571. The van der Waals surface area contributed by atoms with E-state index in [2.05, 4.69) is 26.7 Å². The summed E-state index contributed by atoms with van der Waals surface area (Å²) in [5.74, 6) is 0.403. The topological polar surface area (TPSA) is 80.2 Å². The van der Waals surface area contributed by atoms with Crippen LogP contribution in [0.15, 0.2) is 30.5 Å². The molecule has 1 aromatic carbocycles. The van der Waals surface area contributed by atoms with E-state index in [4.69, 9.17) is 0 Å². The molecule has 1 saturated carbocycles. The molecule has 0 spiro atoms. The monoisotopic (exact) mass is 405 g/mol. The summed E-state index contributed by atoms with van der Waals surface area (Å²) in [6.45, 7) is 3.87. The van der Waals surface area contributed by atoms with Gasteiger partial charge in [-0.3, -0.25) is 4.79 Å². The summed E-state index contributed by atoms with van der Waals surface area (Å²) in [5, 5.41) is 3.89. The minimum Gasteiger partial charge on any atom is -0.353 e. The molecule has 6 nitrogen and oxygen atoms in total. The van der Waals surface area contributed by atoms with Crippen LogP contribution in [0.25, 0.3) is 10.9 Å². The highest BCUT2D eigenvalue weighted by molar-refractivity contribution is 7.90. The first-order valence-electron chi connectivity index (χ1n) is 10.1. The molecule has 0 radical (unpaired) electrons. The SMILES string of the molecule is CC(C)S(=O)(=O)NCC1CCC(NC(=O)Cc2cn(C)c3ccccc23)CC1. The van der Waals surface area contributed by atoms with E-state index in [0.717, 1.165) is 42.1 Å². The summed E-state index contributed by atoms with van der Waals surface area (Å²) in [7, 11) is -1.20. The molecule has 1 fully saturated rings. The maximum atomic E-state index is 12.5. The van der Waals surface area contributed by atoms with Crippen LogP contribution in [0.1, 0.15) is 45.1 Å². The third kappa shape index (κ3) is 4.94. The van der Waals surface area contributed by atoms with Crippen LogP contribution in [0.4, 0.5) is 0 Å². The van der Waals surface area contributed by atoms with Crippen molar-refractivity contribution < 1.29 is 13.2 Å². The lowest BCUT2D eigenvalue weighted by atomic mass is 9.86. The first kappa shape index (κ1) is 20.9. The van der Waals surface area contributed by atoms with E-state index in [9.17, 15) is 13.2 Å². The Labute approximate surface area is 167 Å². The normalized spacial score (nSPS) is 20.6. The second-order valence-electron chi connectivity index (χ2n) is 8.19. The van der Waals surface area contributed by atoms with Crippen molar-refractivity contribution in [1.82, 2.24) is 14.6 Å². The van der Waals surface area contributed by atoms with E-state index in [1.165, 1.54) is 0 Å². The number of aryl methyl sites for hydroxylation is 1. The Balaban J connectivity index is 1.47. The minimum atomic E-state index is -3.20. The molecule has 3 rings (SSSR count). The lowest BCUT2D eigenvalue weighted by Gasteiger charge is -2.29. The van der Waals surface area contributed by atoms with E-state index >= 15 is 0 Å². The van der Waals surface area contributed by atoms with Crippen LogP contribution < -0.4 is 10.0 Å². The van der Waals surface area contributed by atoms with Crippen LogP contribution >= 0.6 is 0 Å². The molecule has 0 bridgehead atoms. The van der Waals surface area contributed by atoms with Crippen LogP contribution in [-0.2, 0) is 28.3 Å². The van der Waals surface area contributed by atoms with Gasteiger partial charge in [-0.1, -0.05) is 18.2 Å². The van der Waals surface area contributed by atoms with E-state index in [-0.39, 0.29) is 11.9 Å². The first-order chi connectivity index (χ1) is 13.3. The Morgan fingerprint density at radius 3 is 2.54 bits per heavy atom. The van der Waals surface area contributed by atoms with Gasteiger partial charge in [0.25, 0.3) is 0 Å². The number of para-hydroxylation sites is 1. The van der Waals surface area contributed by atoms with Crippen LogP contribution in [-0.4, -0.2) is 36.7 Å². The predicted molar refractivity (Wildman–Crippen MR) is 113 cm³/mol. The lowest BCUT2D eigenvalue weighted by molar-refractivity contribution is -0.121. The van der Waals surface area contributed by atoms with Gasteiger partial charge in [-0.25, -0.2) is 13.1 Å². The van der Waals surface area contributed by atoms with Gasteiger partial charge in [-0.15, -0.1) is 0 Å². The smallest absolute Gasteiger partial charge is 0.224 e. The third-order valence-corrected chi connectivity index (χ3v) is 7.55. The fourth-order valence-corrected chi connectivity index (χ4v) is 4.73. The Morgan fingerprint density at radius 1 is 1.18 bits per heavy atom. The number of amides is 1. The molecule has 0 saturated heterocycles. The Kier molecular flexibility index (Phi) is 6.45. The largest absolute Gasteiger partial charge is 0.353 e. The summed E-state index contributed by atoms with van der Waals surface area (Å²) in [4.78, 5) is 12.5. The van der Waals surface area contributed by atoms with Gasteiger partial charge in [-0.05, 0) is 57.1 Å². The highest BCUT2D eigenvalue weighted by Gasteiger charge is 2.24. The molecule has 1 aromatic heterocycles. The second kappa shape index (κ2) is 8.66. The van der Waals surface area contributed by atoms with Gasteiger partial charge in [0.15, 0.2) is 0 Å². The quantitative estimate of drug-likeness (QED) is 0.743. The average molecular weight is 406 g/mol. The number of benzene rings is 1. The molecule has 0 atom stereocenters. The van der Waals surface area contributed by atoms with Crippen LogP contribution in [0, 0.1) is 5.92 Å². The summed E-state index contributed by atoms with van der Waals surface area (Å²) in [6.07, 6.45) is 6.07. The Morgan fingerprint density at radius 2 is 1.86 bits per heavy atom. The molecule has 1 heterocycles. The number of carbonyl (C=O) groups is 1. The van der Waals surface area contributed by atoms with Gasteiger partial charge >= 0.3 is 0 Å². The van der Waals surface area contributed by atoms with Gasteiger partial charge in [0.2, 0.25) is 15.9 Å². The van der Waals surface area contributed by atoms with Crippen molar-refractivity contribution in [2.75, 3.05) is 6.54 Å². The zero-order valence-electron chi connectivity index (χ0n) is 16.9. The highest BCUT2D eigenvalue weighted by atomic mass is 32.2. The van der Waals surface area contributed by atoms with E-state index in [0.29, 0.717) is 18.9 Å². The van der Waals surface area contributed by atoms with Crippen molar-refractivity contribution in [3.05, 3.63) is 36.0 Å². The molecule has 7 heteroatoms. The molecule has 154 valence electrons. The van der Waals surface area contributed by atoms with E-state index in [1.807, 2.05) is 25.4 Å². The molecule has 2 aromatic rings. The fourth-order valence-electron chi connectivity index (χ4n) is 3.93. The maximum Gasteiger partial charge on any atom is 0.224 e. The summed E-state index contributed by atoms with van der Waals surface area (Å²) in [5.41, 5.74) is 2.18. The number of fused-ring (bicyclic) bond motifs is 1. The Bertz CT molecular complexity index is 926. The molecule has 1 aliphatic rings. The summed E-state index contributed by atoms with van der Waals surface area (Å²) < 4.78 is 28.5. The molecule has 2 N–H and O–H groups in total. The summed E-state index contributed by atoms with van der Waals surface area (Å²) in [6, 6.07) is 8.30. The maximum absolute atomic E-state index is 12.5. The minimum absolute atomic E-state index is 0.0558. The average Bonchev–Trinajstić information content (AvgIpc) is 2.97. The number of nitrogens with zero attached hydrogens (tertiary/aromatic N) is 1. The van der Waals surface area contributed by atoms with Gasteiger partial charge < -0.3 is 9.88 Å². The van der Waals surface area contributed by atoms with Gasteiger partial charge in [-0.2, -0.15) is 0 Å². The van der Waals surface area contributed by atoms with Crippen LogP contribution in [0.5, 0.6) is 0 Å². The number of hydrogen-bond acceptors (Lipinski definition) is 3. The van der Waals surface area contributed by atoms with Gasteiger partial charge in [0, 0.05) is 36.7 Å². The first-order valence-corrected chi connectivity index (χ1v) is 11.6. The molecule has 0 aliphatic heterocycles. The zero-order valence-corrected chi connectivity index (χ0v) is 17.8. The number of carbonyl (C=O) groups excluding carboxylic acids is 1. The van der Waals surface area contributed by atoms with Crippen LogP contribution in [0.3, 0.4) is 0 Å². The predicted octanol–water partition coefficient (Wildman–Crippen LogP) is 2.72. The van der Waals surface area contributed by atoms with Gasteiger partial charge in [0.1, 0.15) is 0 Å². The standard InChI is InChI=1S/C21H31N3O3S/c1-15(2)28(26,27)22-13-16-8-10-18(11-9-16)23-21(25)12-17-14-24(3)20-7-5-4-6-19(17)20/h4-7,14-16,18,22H,8-13H2,1-3H3,(H,23,25). The number of hydrogen-bond donors (Lipinski definition) is 2. The van der Waals surface area contributed by atoms with Crippen molar-refractivity contribution >= 4 is 26.8 Å². The number of rotatable bonds is 7. The van der Waals surface area contributed by atoms with E-state index in [1.54, 1.807) is 13.8 Å². The van der Waals surface area contributed by atoms with Crippen molar-refractivity contribution in [1.29, 1.82) is 0 Å². The Hall–Kier alpha value is -1.86. The number of aromatic nitrogens is 1. The highest BCUT2D eigenvalue weighted by Crippen LogP contribution is 2.25. The third-order valence-electron chi connectivity index (χ3n) is 5.74. The molecule has 1 aliphatic carbocycles. The lowest BCUT2D eigenvalue weighted by Crippen LogP contribution is -2.41. The van der Waals surface area contributed by atoms with Crippen molar-refractivity contribution in [3.8, 4) is 0 Å². The molecule has 1 amide bonds. The van der Waals surface area contributed by atoms with E-state index < -0.39 is 15.3 Å². The van der Waals surface area contributed by atoms with Crippen molar-refractivity contribution in [2.45, 2.75) is 57.2 Å². The second-order valence-corrected chi connectivity index (χ2v) is 10.5. The number of sulfonamides is 1. The van der Waals surface area contributed by atoms with Crippen LogP contribution in [0.2, 0.25) is 0 Å². The number of nitrogens with one attached hydrogen (secondary N) is 2. The van der Waals surface area contributed by atoms with Gasteiger partial charge in [0.05, 0.1) is 11.7 Å². The molecular formula is C21H31N3O3S. The van der Waals surface area contributed by atoms with Crippen molar-refractivity contribution in [3.63, 3.8) is 0 Å². The zero-order chi connectivity index (χ0) is 20.3. The van der Waals surface area contributed by atoms with Crippen molar-refractivity contribution in [2.24, 2.45) is 13.0 Å².